The molecule has 0 aromatic carbocycles. The Morgan fingerprint density at radius 3 is 2.12 bits per heavy atom. The summed E-state index contributed by atoms with van der Waals surface area (Å²) in [6, 6.07) is 1.54. The molecule has 0 amide bonds. The number of nitrogens with one attached hydrogen (secondary N) is 1. The van der Waals surface area contributed by atoms with E-state index in [1.54, 1.807) is 0 Å². The van der Waals surface area contributed by atoms with Crippen LogP contribution < -0.4 is 5.32 Å². The van der Waals surface area contributed by atoms with Crippen LogP contribution in [0.2, 0.25) is 0 Å². The maximum absolute atomic E-state index is 3.83. The molecule has 0 heterocycles. The standard InChI is InChI=1S/C15H31N/c1-13(2)9-8-10-14(3)16-15-11-6-4-5-7-12-15/h13-16H,4-12H2,1-3H3. The van der Waals surface area contributed by atoms with Crippen LogP contribution in [0.25, 0.3) is 0 Å². The molecule has 1 aliphatic carbocycles. The van der Waals surface area contributed by atoms with Gasteiger partial charge < -0.3 is 5.32 Å². The van der Waals surface area contributed by atoms with Crippen LogP contribution in [0.3, 0.4) is 0 Å². The van der Waals surface area contributed by atoms with Gasteiger partial charge in [0.05, 0.1) is 0 Å². The average Bonchev–Trinajstić information content (AvgIpc) is 2.45. The minimum atomic E-state index is 0.724. The molecular formula is C15H31N. The molecule has 1 rings (SSSR count). The number of hydrogen-bond donors (Lipinski definition) is 1. The molecule has 1 atom stereocenters. The highest BCUT2D eigenvalue weighted by Gasteiger charge is 2.14. The van der Waals surface area contributed by atoms with Gasteiger partial charge in [-0.3, -0.25) is 0 Å². The SMILES string of the molecule is CC(C)CCCC(C)NC1CCCCCC1. The van der Waals surface area contributed by atoms with E-state index in [-0.39, 0.29) is 0 Å². The lowest BCUT2D eigenvalue weighted by molar-refractivity contribution is 0.379. The monoisotopic (exact) mass is 225 g/mol. The van der Waals surface area contributed by atoms with E-state index >= 15 is 0 Å². The second kappa shape index (κ2) is 8.11. The lowest BCUT2D eigenvalue weighted by atomic mass is 10.0. The Morgan fingerprint density at radius 1 is 0.938 bits per heavy atom. The third kappa shape index (κ3) is 6.52. The van der Waals surface area contributed by atoms with Crippen molar-refractivity contribution in [3.8, 4) is 0 Å². The highest BCUT2D eigenvalue weighted by atomic mass is 14.9. The molecule has 1 aliphatic rings. The van der Waals surface area contributed by atoms with Gasteiger partial charge in [0.1, 0.15) is 0 Å². The summed E-state index contributed by atoms with van der Waals surface area (Å²) in [6.45, 7) is 7.01. The van der Waals surface area contributed by atoms with Crippen LogP contribution in [0.15, 0.2) is 0 Å². The Kier molecular flexibility index (Phi) is 7.11. The van der Waals surface area contributed by atoms with Crippen LogP contribution in [0, 0.1) is 5.92 Å². The number of rotatable bonds is 6. The van der Waals surface area contributed by atoms with E-state index in [2.05, 4.69) is 26.1 Å². The first-order valence-corrected chi connectivity index (χ1v) is 7.44. The predicted molar refractivity (Wildman–Crippen MR) is 72.8 cm³/mol. The first-order valence-electron chi connectivity index (χ1n) is 7.44. The van der Waals surface area contributed by atoms with Crippen molar-refractivity contribution in [2.45, 2.75) is 90.6 Å². The summed E-state index contributed by atoms with van der Waals surface area (Å²) in [6.07, 6.45) is 12.7. The van der Waals surface area contributed by atoms with Crippen LogP contribution in [0.5, 0.6) is 0 Å². The summed E-state index contributed by atoms with van der Waals surface area (Å²) in [7, 11) is 0. The number of hydrogen-bond acceptors (Lipinski definition) is 1. The van der Waals surface area contributed by atoms with Crippen molar-refractivity contribution < 1.29 is 0 Å². The first-order chi connectivity index (χ1) is 7.68. The average molecular weight is 225 g/mol. The lowest BCUT2D eigenvalue weighted by Crippen LogP contribution is -2.36. The highest BCUT2D eigenvalue weighted by molar-refractivity contribution is 4.74. The van der Waals surface area contributed by atoms with Crippen molar-refractivity contribution in [2.75, 3.05) is 0 Å². The molecule has 0 radical (unpaired) electrons. The zero-order valence-electron chi connectivity index (χ0n) is 11.6. The first kappa shape index (κ1) is 14.0. The molecule has 1 N–H and O–H groups in total. The molecule has 0 aliphatic heterocycles. The zero-order valence-corrected chi connectivity index (χ0v) is 11.6. The third-order valence-electron chi connectivity index (χ3n) is 3.79. The van der Waals surface area contributed by atoms with Crippen molar-refractivity contribution in [2.24, 2.45) is 5.92 Å². The van der Waals surface area contributed by atoms with Gasteiger partial charge in [-0.2, -0.15) is 0 Å². The largest absolute Gasteiger partial charge is 0.312 e. The summed E-state index contributed by atoms with van der Waals surface area (Å²) in [5.41, 5.74) is 0. The van der Waals surface area contributed by atoms with Gasteiger partial charge in [-0.15, -0.1) is 0 Å². The summed E-state index contributed by atoms with van der Waals surface area (Å²) < 4.78 is 0. The summed E-state index contributed by atoms with van der Waals surface area (Å²) in [5.74, 6) is 0.866. The maximum Gasteiger partial charge on any atom is 0.00695 e. The second-order valence-corrected chi connectivity index (χ2v) is 6.08. The zero-order chi connectivity index (χ0) is 11.8. The molecule has 0 aromatic rings. The van der Waals surface area contributed by atoms with Crippen molar-refractivity contribution in [3.63, 3.8) is 0 Å². The van der Waals surface area contributed by atoms with Crippen molar-refractivity contribution in [1.82, 2.24) is 5.32 Å². The highest BCUT2D eigenvalue weighted by Crippen LogP contribution is 2.18. The molecular weight excluding hydrogens is 194 g/mol. The third-order valence-corrected chi connectivity index (χ3v) is 3.79. The Hall–Kier alpha value is -0.0400. The van der Waals surface area contributed by atoms with Crippen LogP contribution in [-0.4, -0.2) is 12.1 Å². The minimum Gasteiger partial charge on any atom is -0.312 e. The normalized spacial score (nSPS) is 21.0. The van der Waals surface area contributed by atoms with Gasteiger partial charge in [-0.05, 0) is 32.1 Å². The van der Waals surface area contributed by atoms with Crippen molar-refractivity contribution in [1.29, 1.82) is 0 Å². The van der Waals surface area contributed by atoms with Crippen LogP contribution in [0.1, 0.15) is 78.6 Å². The predicted octanol–water partition coefficient (Wildman–Crippen LogP) is 4.51. The Labute approximate surface area is 102 Å². The van der Waals surface area contributed by atoms with E-state index in [9.17, 15) is 0 Å². The van der Waals surface area contributed by atoms with Crippen LogP contribution in [-0.2, 0) is 0 Å². The van der Waals surface area contributed by atoms with Gasteiger partial charge in [0, 0.05) is 12.1 Å². The van der Waals surface area contributed by atoms with Crippen molar-refractivity contribution in [3.05, 3.63) is 0 Å². The van der Waals surface area contributed by atoms with Crippen LogP contribution >= 0.6 is 0 Å². The molecule has 1 heteroatoms. The molecule has 0 spiro atoms. The quantitative estimate of drug-likeness (QED) is 0.656. The summed E-state index contributed by atoms with van der Waals surface area (Å²) in [4.78, 5) is 0. The van der Waals surface area contributed by atoms with Crippen LogP contribution in [0.4, 0.5) is 0 Å². The molecule has 96 valence electrons. The Balaban J connectivity index is 2.09. The topological polar surface area (TPSA) is 12.0 Å². The Morgan fingerprint density at radius 2 is 1.56 bits per heavy atom. The second-order valence-electron chi connectivity index (χ2n) is 6.08. The molecule has 0 aromatic heterocycles. The van der Waals surface area contributed by atoms with Gasteiger partial charge in [0.15, 0.2) is 0 Å². The smallest absolute Gasteiger partial charge is 0.00695 e. The van der Waals surface area contributed by atoms with E-state index in [0.717, 1.165) is 18.0 Å². The minimum absolute atomic E-state index is 0.724. The lowest BCUT2D eigenvalue weighted by Gasteiger charge is -2.22. The van der Waals surface area contributed by atoms with Gasteiger partial charge in [-0.1, -0.05) is 52.4 Å². The molecule has 1 nitrogen and oxygen atoms in total. The molecule has 1 saturated carbocycles. The van der Waals surface area contributed by atoms with E-state index < -0.39 is 0 Å². The molecule has 16 heavy (non-hydrogen) atoms. The molecule has 0 bridgehead atoms. The fourth-order valence-corrected chi connectivity index (χ4v) is 2.76. The van der Waals surface area contributed by atoms with Crippen molar-refractivity contribution >= 4 is 0 Å². The fraction of sp³-hybridized carbons (Fsp3) is 1.00. The Bertz CT molecular complexity index is 157. The van der Waals surface area contributed by atoms with Gasteiger partial charge in [0.25, 0.3) is 0 Å². The summed E-state index contributed by atoms with van der Waals surface area (Å²) >= 11 is 0. The van der Waals surface area contributed by atoms with Gasteiger partial charge >= 0.3 is 0 Å². The molecule has 0 saturated heterocycles. The van der Waals surface area contributed by atoms with E-state index in [4.69, 9.17) is 0 Å². The summed E-state index contributed by atoms with van der Waals surface area (Å²) in [5, 5.41) is 3.83. The van der Waals surface area contributed by atoms with E-state index in [1.807, 2.05) is 0 Å². The molecule has 1 unspecified atom stereocenters. The van der Waals surface area contributed by atoms with Gasteiger partial charge in [0.2, 0.25) is 0 Å². The van der Waals surface area contributed by atoms with E-state index in [1.165, 1.54) is 57.8 Å². The molecule has 1 fully saturated rings. The fourth-order valence-electron chi connectivity index (χ4n) is 2.76. The van der Waals surface area contributed by atoms with Gasteiger partial charge in [-0.25, -0.2) is 0 Å². The van der Waals surface area contributed by atoms with E-state index in [0.29, 0.717) is 0 Å². The maximum atomic E-state index is 3.83.